The van der Waals surface area contributed by atoms with Gasteiger partial charge in [0, 0.05) is 12.2 Å². The average Bonchev–Trinajstić information content (AvgIpc) is 2.70. The van der Waals surface area contributed by atoms with E-state index in [0.717, 1.165) is 25.7 Å². The van der Waals surface area contributed by atoms with Gasteiger partial charge in [-0.05, 0) is 25.0 Å². The molecular weight excluding hydrogens is 278 g/mol. The Labute approximate surface area is 123 Å². The van der Waals surface area contributed by atoms with Crippen molar-refractivity contribution >= 4 is 29.1 Å². The van der Waals surface area contributed by atoms with Crippen LogP contribution in [0.25, 0.3) is 0 Å². The highest BCUT2D eigenvalue weighted by Gasteiger charge is 2.20. The molecule has 0 radical (unpaired) electrons. The maximum Gasteiger partial charge on any atom is 0.313 e. The lowest BCUT2D eigenvalue weighted by Gasteiger charge is -2.15. The predicted molar refractivity (Wildman–Crippen MR) is 77.5 cm³/mol. The van der Waals surface area contributed by atoms with Gasteiger partial charge in [-0.1, -0.05) is 37.3 Å². The Kier molecular flexibility index (Phi) is 5.35. The van der Waals surface area contributed by atoms with Crippen LogP contribution in [0.4, 0.5) is 5.69 Å². The van der Waals surface area contributed by atoms with E-state index in [1.807, 2.05) is 0 Å². The first-order valence-corrected chi connectivity index (χ1v) is 7.27. The molecule has 5 nitrogen and oxygen atoms in total. The summed E-state index contributed by atoms with van der Waals surface area (Å²) in [5.74, 6) is -1.32. The van der Waals surface area contributed by atoms with Gasteiger partial charge in [-0.15, -0.1) is 0 Å². The Morgan fingerprint density at radius 3 is 2.50 bits per heavy atom. The Bertz CT molecular complexity index is 485. The summed E-state index contributed by atoms with van der Waals surface area (Å²) in [6.45, 7) is 0. The molecular formula is C14H18ClN3O2. The van der Waals surface area contributed by atoms with E-state index in [9.17, 15) is 9.59 Å². The van der Waals surface area contributed by atoms with E-state index in [1.54, 1.807) is 12.1 Å². The van der Waals surface area contributed by atoms with Crippen molar-refractivity contribution in [3.8, 4) is 0 Å². The van der Waals surface area contributed by atoms with Crippen LogP contribution >= 0.6 is 11.6 Å². The molecule has 0 aliphatic heterocycles. The lowest BCUT2D eigenvalue weighted by Crippen LogP contribution is -2.41. The SMILES string of the molecule is O=C(Nc1cccnc1Cl)C(=O)NC1CCCCCC1. The molecule has 2 rings (SSSR count). The number of hydrogen-bond acceptors (Lipinski definition) is 3. The zero-order valence-electron chi connectivity index (χ0n) is 11.2. The highest BCUT2D eigenvalue weighted by molar-refractivity contribution is 6.41. The van der Waals surface area contributed by atoms with Crippen LogP contribution in [0.1, 0.15) is 38.5 Å². The molecule has 0 bridgehead atoms. The van der Waals surface area contributed by atoms with Crippen molar-refractivity contribution in [2.75, 3.05) is 5.32 Å². The first-order valence-electron chi connectivity index (χ1n) is 6.89. The molecule has 2 N–H and O–H groups in total. The van der Waals surface area contributed by atoms with Gasteiger partial charge < -0.3 is 10.6 Å². The molecule has 0 spiro atoms. The highest BCUT2D eigenvalue weighted by Crippen LogP contribution is 2.18. The summed E-state index contributed by atoms with van der Waals surface area (Å²) < 4.78 is 0. The summed E-state index contributed by atoms with van der Waals surface area (Å²) in [5, 5.41) is 5.42. The molecule has 1 aliphatic rings. The lowest BCUT2D eigenvalue weighted by molar-refractivity contribution is -0.136. The van der Waals surface area contributed by atoms with Crippen LogP contribution in [0.2, 0.25) is 5.15 Å². The molecule has 1 fully saturated rings. The number of anilines is 1. The van der Waals surface area contributed by atoms with Crippen LogP contribution in [0.5, 0.6) is 0 Å². The van der Waals surface area contributed by atoms with Gasteiger partial charge in [-0.2, -0.15) is 0 Å². The van der Waals surface area contributed by atoms with Crippen molar-refractivity contribution in [2.45, 2.75) is 44.6 Å². The smallest absolute Gasteiger partial charge is 0.313 e. The monoisotopic (exact) mass is 295 g/mol. The number of amides is 2. The van der Waals surface area contributed by atoms with E-state index < -0.39 is 11.8 Å². The largest absolute Gasteiger partial charge is 0.345 e. The van der Waals surface area contributed by atoms with E-state index in [-0.39, 0.29) is 11.2 Å². The molecule has 0 aromatic carbocycles. The minimum atomic E-state index is -0.704. The lowest BCUT2D eigenvalue weighted by atomic mass is 10.1. The van der Waals surface area contributed by atoms with Gasteiger partial charge in [0.1, 0.15) is 0 Å². The van der Waals surface area contributed by atoms with Crippen LogP contribution in [0.3, 0.4) is 0 Å². The van der Waals surface area contributed by atoms with E-state index in [1.165, 1.54) is 19.0 Å². The van der Waals surface area contributed by atoms with Gasteiger partial charge in [-0.3, -0.25) is 9.59 Å². The number of nitrogens with one attached hydrogen (secondary N) is 2. The maximum atomic E-state index is 11.9. The normalized spacial score (nSPS) is 16.2. The van der Waals surface area contributed by atoms with Gasteiger partial charge in [0.2, 0.25) is 0 Å². The van der Waals surface area contributed by atoms with Gasteiger partial charge in [0.05, 0.1) is 5.69 Å². The Balaban J connectivity index is 1.88. The zero-order valence-corrected chi connectivity index (χ0v) is 11.9. The van der Waals surface area contributed by atoms with Gasteiger partial charge in [-0.25, -0.2) is 4.98 Å². The van der Waals surface area contributed by atoms with E-state index in [0.29, 0.717) is 5.69 Å². The summed E-state index contributed by atoms with van der Waals surface area (Å²) in [6.07, 6.45) is 7.98. The van der Waals surface area contributed by atoms with E-state index in [2.05, 4.69) is 15.6 Å². The number of hydrogen-bond donors (Lipinski definition) is 2. The van der Waals surface area contributed by atoms with Crippen molar-refractivity contribution in [3.63, 3.8) is 0 Å². The number of nitrogens with zero attached hydrogens (tertiary/aromatic N) is 1. The second-order valence-corrected chi connectivity index (χ2v) is 5.32. The third kappa shape index (κ3) is 4.20. The molecule has 1 aromatic rings. The van der Waals surface area contributed by atoms with E-state index in [4.69, 9.17) is 11.6 Å². The van der Waals surface area contributed by atoms with E-state index >= 15 is 0 Å². The molecule has 108 valence electrons. The Hall–Kier alpha value is -1.62. The van der Waals surface area contributed by atoms with Crippen molar-refractivity contribution in [3.05, 3.63) is 23.5 Å². The molecule has 1 saturated carbocycles. The van der Waals surface area contributed by atoms with Crippen LogP contribution in [-0.2, 0) is 9.59 Å². The third-order valence-electron chi connectivity index (χ3n) is 3.40. The zero-order chi connectivity index (χ0) is 14.4. The van der Waals surface area contributed by atoms with Crippen LogP contribution in [0.15, 0.2) is 18.3 Å². The van der Waals surface area contributed by atoms with Crippen LogP contribution in [-0.4, -0.2) is 22.8 Å². The fraction of sp³-hybridized carbons (Fsp3) is 0.500. The van der Waals surface area contributed by atoms with Gasteiger partial charge in [0.15, 0.2) is 5.15 Å². The van der Waals surface area contributed by atoms with Crippen LogP contribution in [0, 0.1) is 0 Å². The van der Waals surface area contributed by atoms with Crippen molar-refractivity contribution in [2.24, 2.45) is 0 Å². The third-order valence-corrected chi connectivity index (χ3v) is 3.71. The summed E-state index contributed by atoms with van der Waals surface area (Å²) >= 11 is 5.83. The number of carbonyl (C=O) groups excluding carboxylic acids is 2. The number of rotatable bonds is 2. The standard InChI is InChI=1S/C14H18ClN3O2/c15-12-11(8-5-9-16-12)18-14(20)13(19)17-10-6-3-1-2-4-7-10/h5,8-10H,1-4,6-7H2,(H,17,19)(H,18,20). The van der Waals surface area contributed by atoms with Crippen LogP contribution < -0.4 is 10.6 Å². The number of halogens is 1. The molecule has 0 saturated heterocycles. The summed E-state index contributed by atoms with van der Waals surface area (Å²) in [7, 11) is 0. The molecule has 0 atom stereocenters. The fourth-order valence-electron chi connectivity index (χ4n) is 2.33. The number of carbonyl (C=O) groups is 2. The first kappa shape index (κ1) is 14.8. The maximum absolute atomic E-state index is 11.9. The first-order chi connectivity index (χ1) is 9.66. The highest BCUT2D eigenvalue weighted by atomic mass is 35.5. The summed E-state index contributed by atoms with van der Waals surface area (Å²) in [6, 6.07) is 3.34. The van der Waals surface area contributed by atoms with Crippen molar-refractivity contribution in [1.29, 1.82) is 0 Å². The van der Waals surface area contributed by atoms with Crippen molar-refractivity contribution in [1.82, 2.24) is 10.3 Å². The second-order valence-electron chi connectivity index (χ2n) is 4.96. The predicted octanol–water partition coefficient (Wildman–Crippen LogP) is 2.51. The quantitative estimate of drug-likeness (QED) is 0.500. The molecule has 6 heteroatoms. The topological polar surface area (TPSA) is 71.1 Å². The van der Waals surface area contributed by atoms with Gasteiger partial charge >= 0.3 is 11.8 Å². The molecule has 2 amide bonds. The van der Waals surface area contributed by atoms with Crippen molar-refractivity contribution < 1.29 is 9.59 Å². The minimum Gasteiger partial charge on any atom is -0.345 e. The summed E-state index contributed by atoms with van der Waals surface area (Å²) in [5.41, 5.74) is 0.343. The minimum absolute atomic E-state index is 0.0973. The average molecular weight is 296 g/mol. The number of pyridine rings is 1. The Morgan fingerprint density at radius 2 is 1.85 bits per heavy atom. The second kappa shape index (κ2) is 7.24. The molecule has 1 aliphatic carbocycles. The molecule has 0 unspecified atom stereocenters. The molecule has 1 aromatic heterocycles. The molecule has 20 heavy (non-hydrogen) atoms. The Morgan fingerprint density at radius 1 is 1.15 bits per heavy atom. The van der Waals surface area contributed by atoms with Gasteiger partial charge in [0.25, 0.3) is 0 Å². The summed E-state index contributed by atoms with van der Waals surface area (Å²) in [4.78, 5) is 27.5. The number of aromatic nitrogens is 1. The molecule has 1 heterocycles. The fourth-order valence-corrected chi connectivity index (χ4v) is 2.50.